The van der Waals surface area contributed by atoms with Crippen LogP contribution in [0.15, 0.2) is 0 Å². The van der Waals surface area contributed by atoms with E-state index in [0.717, 1.165) is 5.75 Å². The molecule has 0 fully saturated rings. The molecule has 0 amide bonds. The summed E-state index contributed by atoms with van der Waals surface area (Å²) in [7, 11) is 0. The second-order valence-electron chi connectivity index (χ2n) is 3.83. The molecule has 0 spiro atoms. The summed E-state index contributed by atoms with van der Waals surface area (Å²) in [6.45, 7) is 8.67. The van der Waals surface area contributed by atoms with Gasteiger partial charge in [-0.2, -0.15) is 0 Å². The maximum Gasteiger partial charge on any atom is 1.00 e. The molecule has 1 atom stereocenters. The van der Waals surface area contributed by atoms with Crippen molar-refractivity contribution < 1.29 is 38.6 Å². The largest absolute Gasteiger partial charge is 1.00 e. The SMILES string of the molecule is CC(C)COP(=O)([S-])SCC(C)C.[Na+]. The second kappa shape index (κ2) is 8.98. The van der Waals surface area contributed by atoms with Gasteiger partial charge in [0.15, 0.2) is 0 Å². The van der Waals surface area contributed by atoms with Gasteiger partial charge in [0, 0.05) is 5.75 Å². The third-order valence-corrected chi connectivity index (χ3v) is 5.71. The molecule has 0 aromatic rings. The van der Waals surface area contributed by atoms with Crippen molar-refractivity contribution in [1.82, 2.24) is 0 Å². The molecule has 0 saturated heterocycles. The maximum atomic E-state index is 11.6. The number of hydrogen-bond acceptors (Lipinski definition) is 4. The molecule has 14 heavy (non-hydrogen) atoms. The van der Waals surface area contributed by atoms with Crippen molar-refractivity contribution in [2.45, 2.75) is 27.7 Å². The third-order valence-electron chi connectivity index (χ3n) is 1.13. The van der Waals surface area contributed by atoms with E-state index in [1.807, 2.05) is 13.8 Å². The molecular formula is C8H18NaO2PS2. The van der Waals surface area contributed by atoms with Gasteiger partial charge >= 0.3 is 29.6 Å². The van der Waals surface area contributed by atoms with Gasteiger partial charge < -0.3 is 21.3 Å². The Morgan fingerprint density at radius 1 is 1.29 bits per heavy atom. The molecule has 0 saturated carbocycles. The molecule has 0 aliphatic rings. The van der Waals surface area contributed by atoms with Crippen LogP contribution >= 0.6 is 17.2 Å². The van der Waals surface area contributed by atoms with Crippen molar-refractivity contribution in [3.05, 3.63) is 0 Å². The molecule has 0 rings (SSSR count). The van der Waals surface area contributed by atoms with Gasteiger partial charge in [0.05, 0.1) is 6.61 Å². The van der Waals surface area contributed by atoms with Crippen LogP contribution in [0.4, 0.5) is 0 Å². The average Bonchev–Trinajstić information content (AvgIpc) is 1.98. The normalized spacial score (nSPS) is 15.4. The van der Waals surface area contributed by atoms with Gasteiger partial charge in [0.1, 0.15) is 5.77 Å². The Labute approximate surface area is 119 Å². The van der Waals surface area contributed by atoms with Crippen molar-refractivity contribution >= 4 is 29.4 Å². The van der Waals surface area contributed by atoms with Crippen LogP contribution in [-0.4, -0.2) is 12.4 Å². The van der Waals surface area contributed by atoms with E-state index < -0.39 is 5.77 Å². The Hall–Kier alpha value is 1.89. The monoisotopic (exact) mass is 264 g/mol. The Kier molecular flexibility index (Phi) is 11.7. The summed E-state index contributed by atoms with van der Waals surface area (Å²) in [4.78, 5) is 0. The third kappa shape index (κ3) is 12.0. The van der Waals surface area contributed by atoms with Gasteiger partial charge in [-0.25, -0.2) is 0 Å². The van der Waals surface area contributed by atoms with E-state index in [0.29, 0.717) is 18.4 Å². The van der Waals surface area contributed by atoms with Crippen molar-refractivity contribution in [2.75, 3.05) is 12.4 Å². The topological polar surface area (TPSA) is 26.3 Å². The van der Waals surface area contributed by atoms with E-state index in [1.165, 1.54) is 11.4 Å². The molecule has 6 heteroatoms. The predicted octanol–water partition coefficient (Wildman–Crippen LogP) is 0.707. The van der Waals surface area contributed by atoms with Gasteiger partial charge in [-0.3, -0.25) is 0 Å². The smallest absolute Gasteiger partial charge is 0.678 e. The maximum absolute atomic E-state index is 11.6. The van der Waals surface area contributed by atoms with Crippen LogP contribution in [0.1, 0.15) is 27.7 Å². The fourth-order valence-electron chi connectivity index (χ4n) is 0.518. The molecule has 1 unspecified atom stereocenters. The minimum absolute atomic E-state index is 0. The minimum Gasteiger partial charge on any atom is -0.678 e. The molecule has 80 valence electrons. The Bertz CT molecular complexity index is 172. The van der Waals surface area contributed by atoms with Gasteiger partial charge in [0.2, 0.25) is 0 Å². The molecule has 0 heterocycles. The molecule has 0 aromatic carbocycles. The van der Waals surface area contributed by atoms with Crippen LogP contribution in [0.25, 0.3) is 0 Å². The zero-order valence-corrected chi connectivity index (χ0v) is 14.2. The van der Waals surface area contributed by atoms with Crippen molar-refractivity contribution in [2.24, 2.45) is 11.8 Å². The first kappa shape index (κ1) is 18.3. The molecule has 0 bridgehead atoms. The summed E-state index contributed by atoms with van der Waals surface area (Å²) in [5.41, 5.74) is 0. The van der Waals surface area contributed by atoms with E-state index in [2.05, 4.69) is 13.8 Å². The standard InChI is InChI=1S/C8H19O2PS2.Na/c1-7(2)5-10-11(9,12)13-6-8(3)4;/h7-8H,5-6H2,1-4H3,(H,9,12);/q;+1/p-1. The Morgan fingerprint density at radius 2 is 1.79 bits per heavy atom. The van der Waals surface area contributed by atoms with Crippen LogP contribution in [0, 0.1) is 11.8 Å². The number of hydrogen-bond donors (Lipinski definition) is 0. The summed E-state index contributed by atoms with van der Waals surface area (Å²) in [6.07, 6.45) is 0. The van der Waals surface area contributed by atoms with Crippen molar-refractivity contribution in [1.29, 1.82) is 0 Å². The van der Waals surface area contributed by atoms with Gasteiger partial charge in [-0.1, -0.05) is 39.1 Å². The molecule has 0 radical (unpaired) electrons. The quantitative estimate of drug-likeness (QED) is 0.401. The zero-order chi connectivity index (χ0) is 10.5. The molecule has 0 N–H and O–H groups in total. The van der Waals surface area contributed by atoms with Crippen LogP contribution in [-0.2, 0) is 21.3 Å². The van der Waals surface area contributed by atoms with Crippen LogP contribution in [0.3, 0.4) is 0 Å². The summed E-state index contributed by atoms with van der Waals surface area (Å²) < 4.78 is 16.8. The first-order valence-corrected chi connectivity index (χ1v) is 8.66. The van der Waals surface area contributed by atoms with Crippen LogP contribution < -0.4 is 29.6 Å². The minimum atomic E-state index is -2.80. The Morgan fingerprint density at radius 3 is 2.14 bits per heavy atom. The molecule has 0 aliphatic carbocycles. The molecule has 2 nitrogen and oxygen atoms in total. The van der Waals surface area contributed by atoms with E-state index in [4.69, 9.17) is 16.8 Å². The zero-order valence-electron chi connectivity index (χ0n) is 9.65. The van der Waals surface area contributed by atoms with E-state index >= 15 is 0 Å². The predicted molar refractivity (Wildman–Crippen MR) is 63.1 cm³/mol. The van der Waals surface area contributed by atoms with Crippen LogP contribution in [0.5, 0.6) is 0 Å². The van der Waals surface area contributed by atoms with Crippen LogP contribution in [0.2, 0.25) is 0 Å². The van der Waals surface area contributed by atoms with E-state index in [1.54, 1.807) is 0 Å². The Balaban J connectivity index is 0. The average molecular weight is 264 g/mol. The first-order chi connectivity index (χ1) is 5.83. The van der Waals surface area contributed by atoms with Crippen molar-refractivity contribution in [3.8, 4) is 0 Å². The molecule has 0 aromatic heterocycles. The summed E-state index contributed by atoms with van der Waals surface area (Å²) in [5.74, 6) is -1.11. The fourth-order valence-corrected chi connectivity index (χ4v) is 4.13. The fraction of sp³-hybridized carbons (Fsp3) is 1.00. The second-order valence-corrected chi connectivity index (χ2v) is 9.92. The van der Waals surface area contributed by atoms with Gasteiger partial charge in [0.25, 0.3) is 0 Å². The summed E-state index contributed by atoms with van der Waals surface area (Å²) in [6, 6.07) is 0. The summed E-state index contributed by atoms with van der Waals surface area (Å²) in [5, 5.41) is 0. The summed E-state index contributed by atoms with van der Waals surface area (Å²) >= 11 is 6.15. The molecule has 0 aliphatic heterocycles. The molecular weight excluding hydrogens is 246 g/mol. The van der Waals surface area contributed by atoms with E-state index in [-0.39, 0.29) is 29.6 Å². The number of rotatable bonds is 6. The van der Waals surface area contributed by atoms with E-state index in [9.17, 15) is 4.57 Å². The van der Waals surface area contributed by atoms with Gasteiger partial charge in [-0.15, -0.1) is 0 Å². The van der Waals surface area contributed by atoms with Crippen molar-refractivity contribution in [3.63, 3.8) is 0 Å². The first-order valence-electron chi connectivity index (χ1n) is 4.43. The van der Waals surface area contributed by atoms with Gasteiger partial charge in [-0.05, 0) is 11.8 Å².